The number of thiazole rings is 1. The smallest absolute Gasteiger partial charge is 0.279 e. The molecule has 0 spiro atoms. The van der Waals surface area contributed by atoms with Crippen molar-refractivity contribution in [3.63, 3.8) is 0 Å². The molecule has 1 saturated heterocycles. The second kappa shape index (κ2) is 8.16. The van der Waals surface area contributed by atoms with E-state index in [1.807, 2.05) is 24.3 Å². The Hall–Kier alpha value is -2.64. The number of carbonyl (C=O) groups is 1. The maximum Gasteiger partial charge on any atom is 0.279 e. The lowest BCUT2D eigenvalue weighted by atomic mass is 10.2. The fraction of sp³-hybridized carbons (Fsp3) is 0.333. The largest absolute Gasteiger partial charge is 0.497 e. The third-order valence-electron chi connectivity index (χ3n) is 5.16. The number of carbonyl (C=O) groups excluding carboxylic acids is 1. The number of likely N-dealkylation sites (tertiary alicyclic amines) is 1. The molecule has 0 bridgehead atoms. The minimum Gasteiger partial charge on any atom is -0.497 e. The fourth-order valence-corrected chi connectivity index (χ4v) is 4.93. The number of hydrogen-bond acceptors (Lipinski definition) is 5. The Morgan fingerprint density at radius 1 is 1.25 bits per heavy atom. The first-order chi connectivity index (χ1) is 13.7. The van der Waals surface area contributed by atoms with Gasteiger partial charge in [-0.1, -0.05) is 12.1 Å². The lowest BCUT2D eigenvalue weighted by Gasteiger charge is -2.19. The van der Waals surface area contributed by atoms with E-state index in [4.69, 9.17) is 14.5 Å². The molecule has 1 aromatic heterocycles. The quantitative estimate of drug-likeness (QED) is 0.670. The SMILES string of the molecule is COc1ccc(OC)c(NC(=O)C[NH+]2CCC[C@@H]2c2nc3ccccc3s2)c1. The Balaban J connectivity index is 1.48. The van der Waals surface area contributed by atoms with Gasteiger partial charge >= 0.3 is 0 Å². The van der Waals surface area contributed by atoms with Crippen molar-refractivity contribution in [1.82, 2.24) is 4.98 Å². The van der Waals surface area contributed by atoms with Crippen LogP contribution >= 0.6 is 11.3 Å². The van der Waals surface area contributed by atoms with Gasteiger partial charge < -0.3 is 19.7 Å². The van der Waals surface area contributed by atoms with Crippen LogP contribution in [0.5, 0.6) is 11.5 Å². The van der Waals surface area contributed by atoms with Crippen LogP contribution < -0.4 is 19.7 Å². The van der Waals surface area contributed by atoms with Crippen molar-refractivity contribution in [3.05, 3.63) is 47.5 Å². The Morgan fingerprint density at radius 2 is 2.11 bits per heavy atom. The minimum atomic E-state index is -0.0328. The number of nitrogens with one attached hydrogen (secondary N) is 2. The summed E-state index contributed by atoms with van der Waals surface area (Å²) >= 11 is 1.74. The number of para-hydroxylation sites is 1. The van der Waals surface area contributed by atoms with E-state index in [1.54, 1.807) is 37.7 Å². The Morgan fingerprint density at radius 3 is 2.89 bits per heavy atom. The van der Waals surface area contributed by atoms with E-state index in [2.05, 4.69) is 11.4 Å². The third-order valence-corrected chi connectivity index (χ3v) is 6.31. The standard InChI is InChI=1S/C21H23N3O3S/c1-26-14-9-10-18(27-2)16(12-14)22-20(25)13-24-11-5-7-17(24)21-23-15-6-3-4-8-19(15)28-21/h3-4,6,8-10,12,17H,5,7,11,13H2,1-2H3,(H,22,25)/p+1/t17-/m1/s1. The van der Waals surface area contributed by atoms with Crippen molar-refractivity contribution in [1.29, 1.82) is 0 Å². The van der Waals surface area contributed by atoms with E-state index >= 15 is 0 Å². The molecule has 3 aromatic rings. The Bertz CT molecular complexity index is 955. The van der Waals surface area contributed by atoms with Gasteiger partial charge in [-0.3, -0.25) is 4.79 Å². The molecule has 2 heterocycles. The van der Waals surface area contributed by atoms with E-state index < -0.39 is 0 Å². The molecule has 1 fully saturated rings. The second-order valence-corrected chi connectivity index (χ2v) is 7.98. The number of methoxy groups -OCH3 is 2. The van der Waals surface area contributed by atoms with Gasteiger partial charge in [0.15, 0.2) is 11.6 Å². The third kappa shape index (κ3) is 3.81. The average molecular weight is 399 g/mol. The monoisotopic (exact) mass is 398 g/mol. The van der Waals surface area contributed by atoms with Gasteiger partial charge in [0, 0.05) is 18.9 Å². The summed E-state index contributed by atoms with van der Waals surface area (Å²) in [4.78, 5) is 18.8. The molecule has 7 heteroatoms. The number of nitrogens with zero attached hydrogens (tertiary/aromatic N) is 1. The summed E-state index contributed by atoms with van der Waals surface area (Å²) in [6, 6.07) is 13.9. The normalized spacial score (nSPS) is 18.9. The van der Waals surface area contributed by atoms with Crippen molar-refractivity contribution < 1.29 is 19.2 Å². The predicted molar refractivity (Wildman–Crippen MR) is 110 cm³/mol. The molecule has 0 saturated carbocycles. The van der Waals surface area contributed by atoms with E-state index in [0.29, 0.717) is 23.7 Å². The van der Waals surface area contributed by atoms with Gasteiger partial charge in [0.25, 0.3) is 5.91 Å². The summed E-state index contributed by atoms with van der Waals surface area (Å²) in [5, 5.41) is 4.11. The van der Waals surface area contributed by atoms with Gasteiger partial charge in [-0.25, -0.2) is 4.98 Å². The van der Waals surface area contributed by atoms with Gasteiger partial charge in [-0.15, -0.1) is 11.3 Å². The zero-order valence-electron chi connectivity index (χ0n) is 16.0. The molecule has 6 nitrogen and oxygen atoms in total. The molecule has 1 aliphatic rings. The van der Waals surface area contributed by atoms with Crippen LogP contribution in [0.25, 0.3) is 10.2 Å². The van der Waals surface area contributed by atoms with Crippen LogP contribution in [0.15, 0.2) is 42.5 Å². The Kier molecular flexibility index (Phi) is 5.45. The molecule has 2 aromatic carbocycles. The van der Waals surface area contributed by atoms with E-state index in [1.165, 1.54) is 9.60 Å². The first kappa shape index (κ1) is 18.7. The molecule has 2 N–H and O–H groups in total. The predicted octanol–water partition coefficient (Wildman–Crippen LogP) is 2.67. The number of ether oxygens (including phenoxy) is 2. The number of quaternary nitrogens is 1. The molecule has 1 amide bonds. The average Bonchev–Trinajstić information content (AvgIpc) is 3.34. The number of benzene rings is 2. The highest BCUT2D eigenvalue weighted by Gasteiger charge is 2.34. The highest BCUT2D eigenvalue weighted by Crippen LogP contribution is 2.30. The molecule has 0 aliphatic carbocycles. The lowest BCUT2D eigenvalue weighted by Crippen LogP contribution is -3.11. The molecule has 0 radical (unpaired) electrons. The molecule has 146 valence electrons. The number of fused-ring (bicyclic) bond motifs is 1. The molecule has 2 atom stereocenters. The van der Waals surface area contributed by atoms with Gasteiger partial charge in [0.2, 0.25) is 0 Å². The van der Waals surface area contributed by atoms with Crippen LogP contribution in [0, 0.1) is 0 Å². The van der Waals surface area contributed by atoms with Crippen LogP contribution in [0.2, 0.25) is 0 Å². The van der Waals surface area contributed by atoms with Gasteiger partial charge in [0.1, 0.15) is 17.5 Å². The molecule has 1 unspecified atom stereocenters. The van der Waals surface area contributed by atoms with Crippen LogP contribution in [-0.4, -0.2) is 38.2 Å². The van der Waals surface area contributed by atoms with Crippen molar-refractivity contribution in [3.8, 4) is 11.5 Å². The topological polar surface area (TPSA) is 64.9 Å². The number of hydrogen-bond donors (Lipinski definition) is 2. The van der Waals surface area contributed by atoms with Gasteiger partial charge in [-0.2, -0.15) is 0 Å². The highest BCUT2D eigenvalue weighted by molar-refractivity contribution is 7.18. The molecular formula is C21H24N3O3S+. The summed E-state index contributed by atoms with van der Waals surface area (Å²) in [7, 11) is 3.19. The van der Waals surface area contributed by atoms with E-state index in [-0.39, 0.29) is 11.9 Å². The number of rotatable bonds is 6. The lowest BCUT2D eigenvalue weighted by molar-refractivity contribution is -0.910. The summed E-state index contributed by atoms with van der Waals surface area (Å²) in [6.45, 7) is 1.38. The maximum absolute atomic E-state index is 12.7. The first-order valence-corrected chi connectivity index (χ1v) is 10.2. The first-order valence-electron chi connectivity index (χ1n) is 9.40. The maximum atomic E-state index is 12.7. The summed E-state index contributed by atoms with van der Waals surface area (Å²) in [5.74, 6) is 1.26. The van der Waals surface area contributed by atoms with E-state index in [0.717, 1.165) is 29.9 Å². The van der Waals surface area contributed by atoms with Crippen molar-refractivity contribution in [2.24, 2.45) is 0 Å². The van der Waals surface area contributed by atoms with Crippen LogP contribution in [0.1, 0.15) is 23.9 Å². The number of amides is 1. The zero-order chi connectivity index (χ0) is 19.5. The summed E-state index contributed by atoms with van der Waals surface area (Å²) in [6.07, 6.45) is 2.16. The van der Waals surface area contributed by atoms with Crippen LogP contribution in [0.3, 0.4) is 0 Å². The summed E-state index contributed by atoms with van der Waals surface area (Å²) < 4.78 is 11.8. The molecular weight excluding hydrogens is 374 g/mol. The zero-order valence-corrected chi connectivity index (χ0v) is 16.8. The van der Waals surface area contributed by atoms with Crippen molar-refractivity contribution in [2.75, 3.05) is 32.6 Å². The fourth-order valence-electron chi connectivity index (χ4n) is 3.77. The van der Waals surface area contributed by atoms with Crippen molar-refractivity contribution in [2.45, 2.75) is 18.9 Å². The minimum absolute atomic E-state index is 0.0328. The number of anilines is 1. The van der Waals surface area contributed by atoms with Crippen LogP contribution in [0.4, 0.5) is 5.69 Å². The van der Waals surface area contributed by atoms with E-state index in [9.17, 15) is 4.79 Å². The summed E-state index contributed by atoms with van der Waals surface area (Å²) in [5.41, 5.74) is 1.67. The molecule has 1 aliphatic heterocycles. The Labute approximate surface area is 168 Å². The van der Waals surface area contributed by atoms with Crippen LogP contribution in [-0.2, 0) is 4.79 Å². The molecule has 28 heavy (non-hydrogen) atoms. The number of aromatic nitrogens is 1. The second-order valence-electron chi connectivity index (χ2n) is 6.91. The molecule has 4 rings (SSSR count). The van der Waals surface area contributed by atoms with Gasteiger partial charge in [0.05, 0.1) is 36.7 Å². The van der Waals surface area contributed by atoms with Crippen molar-refractivity contribution >= 4 is 33.1 Å². The van der Waals surface area contributed by atoms with Gasteiger partial charge in [-0.05, 0) is 24.3 Å². The highest BCUT2D eigenvalue weighted by atomic mass is 32.1.